The first-order valence-corrected chi connectivity index (χ1v) is 14.6. The molecule has 6 heteroatoms. The molecule has 1 aliphatic heterocycles. The number of carbonyl (C=O) groups excluding carboxylic acids is 1. The van der Waals surface area contributed by atoms with Crippen LogP contribution in [-0.2, 0) is 18.8 Å². The van der Waals surface area contributed by atoms with E-state index in [1.54, 1.807) is 7.05 Å². The van der Waals surface area contributed by atoms with E-state index < -0.39 is 8.32 Å². The second-order valence-corrected chi connectivity index (χ2v) is 15.2. The van der Waals surface area contributed by atoms with Crippen LogP contribution in [0.1, 0.15) is 79.6 Å². The van der Waals surface area contributed by atoms with Gasteiger partial charge in [0.2, 0.25) is 5.91 Å². The molecule has 30 heavy (non-hydrogen) atoms. The lowest BCUT2D eigenvalue weighted by atomic mass is 9.96. The molecule has 4 atom stereocenters. The van der Waals surface area contributed by atoms with Crippen LogP contribution in [0.15, 0.2) is 12.2 Å². The van der Waals surface area contributed by atoms with Gasteiger partial charge in [0.05, 0.1) is 19.3 Å². The first-order valence-electron chi connectivity index (χ1n) is 11.6. The summed E-state index contributed by atoms with van der Waals surface area (Å²) in [5.74, 6) is -0.169. The fourth-order valence-electron chi connectivity index (χ4n) is 3.73. The lowest BCUT2D eigenvalue weighted by Crippen LogP contribution is -2.45. The highest BCUT2D eigenvalue weighted by molar-refractivity contribution is 6.74. The van der Waals surface area contributed by atoms with Gasteiger partial charge in [0.15, 0.2) is 8.32 Å². The third kappa shape index (κ3) is 8.10. The van der Waals surface area contributed by atoms with Crippen molar-refractivity contribution in [3.05, 3.63) is 12.2 Å². The summed E-state index contributed by atoms with van der Waals surface area (Å²) in [6, 6.07) is 0. The normalized spacial score (nSPS) is 22.2. The minimum absolute atomic E-state index is 0.0116. The minimum Gasteiger partial charge on any atom is -0.414 e. The molecule has 1 amide bonds. The summed E-state index contributed by atoms with van der Waals surface area (Å²) in [6.07, 6.45) is 7.43. The van der Waals surface area contributed by atoms with E-state index in [4.69, 9.17) is 14.0 Å². The van der Waals surface area contributed by atoms with Crippen LogP contribution in [0.2, 0.25) is 18.1 Å². The zero-order chi connectivity index (χ0) is 23.1. The van der Waals surface area contributed by atoms with Crippen molar-refractivity contribution in [1.29, 1.82) is 0 Å². The fraction of sp³-hybridized carbons (Fsp3) is 0.875. The second kappa shape index (κ2) is 11.8. The molecule has 0 aromatic carbocycles. The number of ether oxygens (including phenoxy) is 1. The van der Waals surface area contributed by atoms with Crippen molar-refractivity contribution in [3.8, 4) is 0 Å². The Kier molecular flexibility index (Phi) is 10.7. The smallest absolute Gasteiger partial charge is 0.248 e. The molecule has 0 saturated carbocycles. The summed E-state index contributed by atoms with van der Waals surface area (Å²) >= 11 is 0. The van der Waals surface area contributed by atoms with Crippen LogP contribution in [0.3, 0.4) is 0 Å². The van der Waals surface area contributed by atoms with Crippen LogP contribution < -0.4 is 0 Å². The zero-order valence-corrected chi connectivity index (χ0v) is 22.0. The van der Waals surface area contributed by atoms with Crippen molar-refractivity contribution >= 4 is 14.2 Å². The third-order valence-electron chi connectivity index (χ3n) is 6.82. The average Bonchev–Trinajstić information content (AvgIpc) is 3.01. The monoisotopic (exact) mass is 441 g/mol. The number of hydrogen-bond donors (Lipinski definition) is 0. The van der Waals surface area contributed by atoms with Crippen LogP contribution in [0.4, 0.5) is 0 Å². The summed E-state index contributed by atoms with van der Waals surface area (Å²) in [7, 11) is 1.23. The Morgan fingerprint density at radius 1 is 1.33 bits per heavy atom. The quantitative estimate of drug-likeness (QED) is 0.208. The van der Waals surface area contributed by atoms with Gasteiger partial charge < -0.3 is 9.16 Å². The molecular formula is C24H47NO4Si. The average molecular weight is 442 g/mol. The number of rotatable bonds is 12. The van der Waals surface area contributed by atoms with Gasteiger partial charge in [-0.25, -0.2) is 5.06 Å². The largest absolute Gasteiger partial charge is 0.414 e. The molecule has 1 heterocycles. The number of amides is 1. The Hall–Kier alpha value is -0.693. The number of hydroxylamine groups is 2. The SMILES string of the molecule is C=C1CC(CCCC)OC1CC[C@H](C[C@@H](C)C(=O)N(C)OC)O[Si](C)(C)C(C)(C)C. The summed E-state index contributed by atoms with van der Waals surface area (Å²) < 4.78 is 13.1. The number of carbonyl (C=O) groups is 1. The van der Waals surface area contributed by atoms with E-state index in [0.717, 1.165) is 25.7 Å². The van der Waals surface area contributed by atoms with E-state index >= 15 is 0 Å². The highest BCUT2D eigenvalue weighted by atomic mass is 28.4. The lowest BCUT2D eigenvalue weighted by molar-refractivity contribution is -0.173. The van der Waals surface area contributed by atoms with Crippen molar-refractivity contribution in [2.24, 2.45) is 5.92 Å². The van der Waals surface area contributed by atoms with Crippen molar-refractivity contribution in [2.75, 3.05) is 14.2 Å². The molecule has 1 fully saturated rings. The van der Waals surface area contributed by atoms with Crippen molar-refractivity contribution in [1.82, 2.24) is 5.06 Å². The molecule has 1 saturated heterocycles. The molecule has 176 valence electrons. The van der Waals surface area contributed by atoms with Gasteiger partial charge in [0.25, 0.3) is 0 Å². The molecule has 0 bridgehead atoms. The summed E-state index contributed by atoms with van der Waals surface area (Å²) in [4.78, 5) is 17.6. The van der Waals surface area contributed by atoms with E-state index in [-0.39, 0.29) is 29.1 Å². The van der Waals surface area contributed by atoms with Gasteiger partial charge >= 0.3 is 0 Å². The topological polar surface area (TPSA) is 48.0 Å². The molecule has 0 radical (unpaired) electrons. The Bertz CT molecular complexity index is 558. The number of unbranched alkanes of at least 4 members (excludes halogenated alkanes) is 1. The summed E-state index contributed by atoms with van der Waals surface area (Å²) in [5, 5.41) is 1.44. The van der Waals surface area contributed by atoms with Crippen LogP contribution in [-0.4, -0.2) is 51.8 Å². The van der Waals surface area contributed by atoms with Gasteiger partial charge in [0, 0.05) is 19.1 Å². The maximum absolute atomic E-state index is 12.5. The van der Waals surface area contributed by atoms with Crippen molar-refractivity contribution in [3.63, 3.8) is 0 Å². The molecule has 1 rings (SSSR count). The first kappa shape index (κ1) is 27.3. The minimum atomic E-state index is -1.95. The Balaban J connectivity index is 2.80. The van der Waals surface area contributed by atoms with Gasteiger partial charge in [-0.3, -0.25) is 9.63 Å². The second-order valence-electron chi connectivity index (χ2n) is 10.5. The van der Waals surface area contributed by atoms with Gasteiger partial charge in [-0.05, 0) is 55.8 Å². The highest BCUT2D eigenvalue weighted by Crippen LogP contribution is 2.39. The Labute approximate surface area is 186 Å². The summed E-state index contributed by atoms with van der Waals surface area (Å²) in [6.45, 7) is 19.8. The molecule has 0 spiro atoms. The highest BCUT2D eigenvalue weighted by Gasteiger charge is 2.40. The maximum atomic E-state index is 12.5. The molecule has 0 N–H and O–H groups in total. The van der Waals surface area contributed by atoms with Gasteiger partial charge in [-0.2, -0.15) is 0 Å². The van der Waals surface area contributed by atoms with Gasteiger partial charge in [-0.1, -0.05) is 54.0 Å². The van der Waals surface area contributed by atoms with Crippen molar-refractivity contribution < 1.29 is 18.8 Å². The van der Waals surface area contributed by atoms with Gasteiger partial charge in [0.1, 0.15) is 0 Å². The molecule has 0 aromatic heterocycles. The lowest BCUT2D eigenvalue weighted by Gasteiger charge is -2.40. The zero-order valence-electron chi connectivity index (χ0n) is 21.0. The van der Waals surface area contributed by atoms with E-state index in [1.165, 1.54) is 30.6 Å². The first-order chi connectivity index (χ1) is 13.8. The molecule has 0 aliphatic carbocycles. The van der Waals surface area contributed by atoms with E-state index in [1.807, 2.05) is 6.92 Å². The van der Waals surface area contributed by atoms with Crippen LogP contribution in [0, 0.1) is 5.92 Å². The van der Waals surface area contributed by atoms with Crippen LogP contribution in [0.25, 0.3) is 0 Å². The van der Waals surface area contributed by atoms with E-state index in [9.17, 15) is 4.79 Å². The molecule has 0 aromatic rings. The van der Waals surface area contributed by atoms with E-state index in [2.05, 4.69) is 47.4 Å². The number of hydrogen-bond acceptors (Lipinski definition) is 4. The summed E-state index contributed by atoms with van der Waals surface area (Å²) in [5.41, 5.74) is 1.21. The predicted octanol–water partition coefficient (Wildman–Crippen LogP) is 6.11. The van der Waals surface area contributed by atoms with Crippen LogP contribution in [0.5, 0.6) is 0 Å². The van der Waals surface area contributed by atoms with Crippen molar-refractivity contribution in [2.45, 2.75) is 116 Å². The molecule has 1 aliphatic rings. The maximum Gasteiger partial charge on any atom is 0.248 e. The molecule has 2 unspecified atom stereocenters. The third-order valence-corrected chi connectivity index (χ3v) is 11.4. The standard InChI is InChI=1S/C24H47NO4Si/c1-11-12-13-20-16-18(2)22(28-20)15-14-21(29-30(9,10)24(4,5)6)17-19(3)23(26)25(7)27-8/h19-22H,2,11-17H2,1,3-10H3/t19-,20?,21-,22?/m1/s1. The fourth-order valence-corrected chi connectivity index (χ4v) is 5.13. The Morgan fingerprint density at radius 3 is 2.50 bits per heavy atom. The van der Waals surface area contributed by atoms with E-state index in [0.29, 0.717) is 12.5 Å². The van der Waals surface area contributed by atoms with Crippen LogP contribution >= 0.6 is 0 Å². The number of nitrogens with zero attached hydrogens (tertiary/aromatic N) is 1. The van der Waals surface area contributed by atoms with Gasteiger partial charge in [-0.15, -0.1) is 0 Å². The molecule has 5 nitrogen and oxygen atoms in total. The Morgan fingerprint density at radius 2 is 1.97 bits per heavy atom. The predicted molar refractivity (Wildman–Crippen MR) is 127 cm³/mol. The molecular weight excluding hydrogens is 394 g/mol.